The number of carbonyl (C=O) groups is 3. The van der Waals surface area contributed by atoms with E-state index in [4.69, 9.17) is 9.47 Å². The number of hydrogen-bond acceptors (Lipinski definition) is 5. The van der Waals surface area contributed by atoms with Crippen molar-refractivity contribution in [2.75, 3.05) is 13.7 Å². The summed E-state index contributed by atoms with van der Waals surface area (Å²) in [6.45, 7) is 12.4. The zero-order chi connectivity index (χ0) is 23.3. The van der Waals surface area contributed by atoms with E-state index in [9.17, 15) is 19.5 Å². The van der Waals surface area contributed by atoms with Crippen LogP contribution in [0.15, 0.2) is 12.2 Å². The van der Waals surface area contributed by atoms with E-state index in [1.807, 2.05) is 13.8 Å². The molecule has 0 aliphatic carbocycles. The molecular weight excluding hydrogens is 388 g/mol. The summed E-state index contributed by atoms with van der Waals surface area (Å²) in [5.41, 5.74) is -3.45. The molecule has 0 radical (unpaired) electrons. The molecule has 1 unspecified atom stereocenters. The van der Waals surface area contributed by atoms with Gasteiger partial charge in [-0.05, 0) is 47.5 Å². The highest BCUT2D eigenvalue weighted by molar-refractivity contribution is 5.88. The first-order chi connectivity index (χ1) is 13.8. The number of methoxy groups -OCH3 is 1. The van der Waals surface area contributed by atoms with Gasteiger partial charge in [-0.15, -0.1) is 0 Å². The summed E-state index contributed by atoms with van der Waals surface area (Å²) in [4.78, 5) is 38.9. The first kappa shape index (κ1) is 25.9. The van der Waals surface area contributed by atoms with Crippen LogP contribution < -0.4 is 5.32 Å². The second kappa shape index (κ2) is 9.81. The summed E-state index contributed by atoms with van der Waals surface area (Å²) in [5, 5.41) is 13.3. The van der Waals surface area contributed by atoms with Crippen molar-refractivity contribution in [2.45, 2.75) is 90.5 Å². The van der Waals surface area contributed by atoms with Crippen LogP contribution in [0.2, 0.25) is 0 Å². The minimum absolute atomic E-state index is 0.202. The monoisotopic (exact) mass is 426 g/mol. The van der Waals surface area contributed by atoms with Gasteiger partial charge in [0.25, 0.3) is 0 Å². The lowest BCUT2D eigenvalue weighted by atomic mass is 9.69. The van der Waals surface area contributed by atoms with Gasteiger partial charge in [-0.3, -0.25) is 9.69 Å². The molecule has 1 aliphatic rings. The Hall–Kier alpha value is -2.09. The normalized spacial score (nSPS) is 25.1. The average molecular weight is 427 g/mol. The van der Waals surface area contributed by atoms with E-state index in [1.54, 1.807) is 33.8 Å². The Morgan fingerprint density at radius 2 is 1.90 bits per heavy atom. The first-order valence-corrected chi connectivity index (χ1v) is 10.5. The molecular formula is C22H38N2O6. The Balaban J connectivity index is 3.59. The number of allylic oxidation sites excluding steroid dienone is 1. The molecule has 0 saturated carbocycles. The molecule has 2 N–H and O–H groups in total. The highest BCUT2D eigenvalue weighted by Crippen LogP contribution is 2.47. The molecule has 0 spiro atoms. The number of carboxylic acids is 1. The molecule has 1 rings (SSSR count). The maximum Gasteiger partial charge on any atom is 0.411 e. The van der Waals surface area contributed by atoms with Gasteiger partial charge in [-0.1, -0.05) is 25.5 Å². The number of nitrogens with zero attached hydrogens (tertiary/aromatic N) is 1. The van der Waals surface area contributed by atoms with Crippen molar-refractivity contribution < 1.29 is 29.0 Å². The molecule has 172 valence electrons. The summed E-state index contributed by atoms with van der Waals surface area (Å²) in [6.07, 6.45) is 4.25. The second-order valence-electron chi connectivity index (χ2n) is 9.03. The first-order valence-electron chi connectivity index (χ1n) is 10.5. The molecule has 4 atom stereocenters. The van der Waals surface area contributed by atoms with Gasteiger partial charge in [0.1, 0.15) is 5.60 Å². The molecule has 1 fully saturated rings. The van der Waals surface area contributed by atoms with Crippen LogP contribution in [0.5, 0.6) is 0 Å². The summed E-state index contributed by atoms with van der Waals surface area (Å²) in [7, 11) is 1.52. The minimum atomic E-state index is -1.66. The quantitative estimate of drug-likeness (QED) is 0.577. The summed E-state index contributed by atoms with van der Waals surface area (Å²) >= 11 is 0. The van der Waals surface area contributed by atoms with Crippen LogP contribution >= 0.6 is 0 Å². The lowest BCUT2D eigenvalue weighted by Gasteiger charge is -2.47. The summed E-state index contributed by atoms with van der Waals surface area (Å²) < 4.78 is 11.4. The Bertz CT molecular complexity index is 671. The zero-order valence-corrected chi connectivity index (χ0v) is 19.6. The third-order valence-electron chi connectivity index (χ3n) is 5.77. The van der Waals surface area contributed by atoms with Crippen molar-refractivity contribution in [2.24, 2.45) is 5.92 Å². The Morgan fingerprint density at radius 1 is 1.30 bits per heavy atom. The van der Waals surface area contributed by atoms with Gasteiger partial charge in [0, 0.05) is 26.5 Å². The maximum atomic E-state index is 13.0. The minimum Gasteiger partial charge on any atom is -0.479 e. The van der Waals surface area contributed by atoms with Crippen molar-refractivity contribution in [3.8, 4) is 0 Å². The van der Waals surface area contributed by atoms with Crippen LogP contribution in [-0.4, -0.2) is 64.4 Å². The molecule has 30 heavy (non-hydrogen) atoms. The van der Waals surface area contributed by atoms with Crippen LogP contribution in [0.3, 0.4) is 0 Å². The molecule has 1 heterocycles. The molecule has 0 aromatic rings. The fraction of sp³-hybridized carbons (Fsp3) is 0.773. The van der Waals surface area contributed by atoms with Gasteiger partial charge in [-0.25, -0.2) is 9.59 Å². The molecule has 1 saturated heterocycles. The highest BCUT2D eigenvalue weighted by atomic mass is 16.6. The SMILES string of the molecule is C/C=C\[C@]1(C(=O)O)[C@@H](C(C)(OC)[C@H](CCC)NC(C)=O)CCN1C(=O)OC(C)(C)C. The van der Waals surface area contributed by atoms with Crippen LogP contribution in [-0.2, 0) is 19.1 Å². The van der Waals surface area contributed by atoms with Gasteiger partial charge < -0.3 is 19.9 Å². The van der Waals surface area contributed by atoms with Crippen molar-refractivity contribution in [1.82, 2.24) is 10.2 Å². The Labute approximate surface area is 180 Å². The van der Waals surface area contributed by atoms with Gasteiger partial charge in [0.15, 0.2) is 5.54 Å². The van der Waals surface area contributed by atoms with Crippen LogP contribution in [0.4, 0.5) is 4.79 Å². The molecule has 8 nitrogen and oxygen atoms in total. The number of carbonyl (C=O) groups excluding carboxylic acids is 2. The molecule has 1 aliphatic heterocycles. The number of carboxylic acid groups (broad SMARTS) is 1. The van der Waals surface area contributed by atoms with E-state index in [-0.39, 0.29) is 12.5 Å². The zero-order valence-electron chi connectivity index (χ0n) is 19.6. The number of hydrogen-bond donors (Lipinski definition) is 2. The fourth-order valence-electron chi connectivity index (χ4n) is 4.49. The fourth-order valence-corrected chi connectivity index (χ4v) is 4.49. The predicted octanol–water partition coefficient (Wildman–Crippen LogP) is 3.35. The molecule has 0 bridgehead atoms. The van der Waals surface area contributed by atoms with Gasteiger partial charge >= 0.3 is 12.1 Å². The standard InChI is InChI=1S/C22H38N2O6/c1-9-11-17(23-15(3)25)21(7,29-8)16-12-14-24(19(28)30-20(4,5)6)22(16,13-10-2)18(26)27/h10,13,16-17H,9,11-12,14H2,1-8H3,(H,23,25)(H,26,27)/b13-10-/t16-,17+,21?,22-/m1/s1. The molecule has 8 heteroatoms. The lowest BCUT2D eigenvalue weighted by molar-refractivity contribution is -0.158. The smallest absolute Gasteiger partial charge is 0.411 e. The van der Waals surface area contributed by atoms with Gasteiger partial charge in [-0.2, -0.15) is 0 Å². The van der Waals surface area contributed by atoms with Gasteiger partial charge in [0.05, 0.1) is 11.6 Å². The summed E-state index contributed by atoms with van der Waals surface area (Å²) in [6, 6.07) is -0.419. The van der Waals surface area contributed by atoms with Crippen molar-refractivity contribution in [1.29, 1.82) is 0 Å². The highest BCUT2D eigenvalue weighted by Gasteiger charge is 2.63. The second-order valence-corrected chi connectivity index (χ2v) is 9.03. The van der Waals surface area contributed by atoms with E-state index in [2.05, 4.69) is 5.32 Å². The maximum absolute atomic E-state index is 13.0. The van der Waals surface area contributed by atoms with Gasteiger partial charge in [0.2, 0.25) is 5.91 Å². The van der Waals surface area contributed by atoms with Crippen LogP contribution in [0, 0.1) is 5.92 Å². The van der Waals surface area contributed by atoms with Crippen molar-refractivity contribution >= 4 is 18.0 Å². The average Bonchev–Trinajstić information content (AvgIpc) is 3.00. The number of nitrogens with one attached hydrogen (secondary N) is 1. The largest absolute Gasteiger partial charge is 0.479 e. The molecule has 0 aromatic heterocycles. The Morgan fingerprint density at radius 3 is 2.30 bits per heavy atom. The van der Waals surface area contributed by atoms with E-state index in [0.29, 0.717) is 12.8 Å². The number of aliphatic carboxylic acids is 1. The van der Waals surface area contributed by atoms with Crippen molar-refractivity contribution in [3.05, 3.63) is 12.2 Å². The third-order valence-corrected chi connectivity index (χ3v) is 5.77. The number of rotatable bonds is 8. The van der Waals surface area contributed by atoms with Crippen LogP contribution in [0.25, 0.3) is 0 Å². The third kappa shape index (κ3) is 5.14. The topological polar surface area (TPSA) is 105 Å². The van der Waals surface area contributed by atoms with E-state index in [1.165, 1.54) is 25.0 Å². The van der Waals surface area contributed by atoms with E-state index >= 15 is 0 Å². The van der Waals surface area contributed by atoms with E-state index < -0.39 is 40.8 Å². The van der Waals surface area contributed by atoms with E-state index in [0.717, 1.165) is 6.42 Å². The molecule has 0 aromatic carbocycles. The van der Waals surface area contributed by atoms with Crippen molar-refractivity contribution in [3.63, 3.8) is 0 Å². The molecule has 2 amide bonds. The lowest BCUT2D eigenvalue weighted by Crippen LogP contribution is -2.65. The Kier molecular flexibility index (Phi) is 8.49. The number of likely N-dealkylation sites (tertiary alicyclic amines) is 1. The predicted molar refractivity (Wildman–Crippen MR) is 114 cm³/mol. The number of ether oxygens (including phenoxy) is 2. The van der Waals surface area contributed by atoms with Crippen LogP contribution in [0.1, 0.15) is 67.7 Å². The summed E-state index contributed by atoms with van der Waals surface area (Å²) in [5.74, 6) is -1.99. The number of amides is 2.